The third-order valence-corrected chi connectivity index (χ3v) is 7.76. The van der Waals surface area contributed by atoms with Crippen molar-refractivity contribution in [3.05, 3.63) is 35.2 Å². The molecule has 25 heavy (non-hydrogen) atoms. The lowest BCUT2D eigenvalue weighted by atomic mass is 9.69. The highest BCUT2D eigenvalue weighted by Gasteiger charge is 2.72. The first kappa shape index (κ1) is 15.6. The van der Waals surface area contributed by atoms with Crippen molar-refractivity contribution in [2.24, 2.45) is 11.8 Å². The average Bonchev–Trinajstić information content (AvgIpc) is 3.17. The molecule has 2 amide bonds. The Labute approximate surface area is 146 Å². The highest BCUT2D eigenvalue weighted by molar-refractivity contribution is 8.27. The molecule has 1 unspecified atom stereocenters. The van der Waals surface area contributed by atoms with Crippen molar-refractivity contribution < 1.29 is 23.4 Å². The topological polar surface area (TPSA) is 87.1 Å². The SMILES string of the molecule is CC12CC[C@@](C)(O1)[C@H]1C(=O)N(C3=CS(O)(O)c4ccccc43)C(=O)[C@H]12. The Bertz CT molecular complexity index is 846. The number of nitrogens with zero attached hydrogens (tertiary/aromatic N) is 1. The minimum absolute atomic E-state index is 0.293. The van der Waals surface area contributed by atoms with E-state index < -0.39 is 33.6 Å². The van der Waals surface area contributed by atoms with Crippen molar-refractivity contribution in [1.82, 2.24) is 4.90 Å². The van der Waals surface area contributed by atoms with E-state index in [4.69, 9.17) is 4.74 Å². The van der Waals surface area contributed by atoms with E-state index in [0.29, 0.717) is 16.2 Å². The zero-order valence-corrected chi connectivity index (χ0v) is 14.7. The molecule has 0 aromatic heterocycles. The number of amides is 2. The van der Waals surface area contributed by atoms with Gasteiger partial charge < -0.3 is 4.74 Å². The second kappa shape index (κ2) is 4.35. The number of benzene rings is 1. The number of ether oxygens (including phenoxy) is 1. The number of carbonyl (C=O) groups is 2. The van der Waals surface area contributed by atoms with Gasteiger partial charge in [-0.2, -0.15) is 0 Å². The van der Waals surface area contributed by atoms with Gasteiger partial charge in [0.05, 0.1) is 39.0 Å². The van der Waals surface area contributed by atoms with Crippen LogP contribution in [0, 0.1) is 11.8 Å². The van der Waals surface area contributed by atoms with E-state index in [0.717, 1.165) is 12.8 Å². The number of likely N-dealkylation sites (tertiary alicyclic amines) is 1. The molecular weight excluding hydrogens is 342 g/mol. The van der Waals surface area contributed by atoms with Crippen LogP contribution in [-0.4, -0.2) is 37.0 Å². The molecule has 0 saturated carbocycles. The first-order chi connectivity index (χ1) is 11.7. The van der Waals surface area contributed by atoms with E-state index in [2.05, 4.69) is 0 Å². The van der Waals surface area contributed by atoms with Gasteiger partial charge >= 0.3 is 0 Å². The van der Waals surface area contributed by atoms with Crippen molar-refractivity contribution >= 4 is 28.1 Å². The summed E-state index contributed by atoms with van der Waals surface area (Å²) in [7, 11) is -3.14. The minimum atomic E-state index is -3.14. The maximum absolute atomic E-state index is 13.2. The van der Waals surface area contributed by atoms with Crippen LogP contribution in [-0.2, 0) is 14.3 Å². The maximum atomic E-state index is 13.2. The molecule has 132 valence electrons. The lowest BCUT2D eigenvalue weighted by Gasteiger charge is -2.27. The van der Waals surface area contributed by atoms with Gasteiger partial charge in [-0.05, 0) is 32.8 Å². The molecule has 4 heterocycles. The Hall–Kier alpha value is -1.67. The molecule has 6 nitrogen and oxygen atoms in total. The van der Waals surface area contributed by atoms with Crippen LogP contribution in [0.2, 0.25) is 0 Å². The Morgan fingerprint density at radius 3 is 2.24 bits per heavy atom. The van der Waals surface area contributed by atoms with Crippen LogP contribution in [0.5, 0.6) is 0 Å². The molecule has 4 aliphatic rings. The lowest BCUT2D eigenvalue weighted by molar-refractivity contribution is -0.142. The molecule has 1 aromatic rings. The van der Waals surface area contributed by atoms with Crippen molar-refractivity contribution in [2.45, 2.75) is 42.8 Å². The Balaban J connectivity index is 1.64. The zero-order valence-electron chi connectivity index (χ0n) is 13.9. The molecule has 0 spiro atoms. The Morgan fingerprint density at radius 2 is 1.64 bits per heavy atom. The number of imide groups is 1. The Kier molecular flexibility index (Phi) is 2.71. The average molecular weight is 361 g/mol. The normalized spacial score (nSPS) is 41.8. The van der Waals surface area contributed by atoms with Crippen molar-refractivity contribution in [1.29, 1.82) is 0 Å². The van der Waals surface area contributed by atoms with Gasteiger partial charge in [0, 0.05) is 5.56 Å². The lowest BCUT2D eigenvalue weighted by Crippen LogP contribution is -2.40. The summed E-state index contributed by atoms with van der Waals surface area (Å²) in [6.45, 7) is 3.81. The summed E-state index contributed by atoms with van der Waals surface area (Å²) in [5.74, 6) is -1.60. The van der Waals surface area contributed by atoms with E-state index in [9.17, 15) is 18.7 Å². The van der Waals surface area contributed by atoms with E-state index in [1.807, 2.05) is 13.8 Å². The number of rotatable bonds is 1. The molecule has 1 aromatic carbocycles. The fraction of sp³-hybridized carbons (Fsp3) is 0.444. The van der Waals surface area contributed by atoms with Gasteiger partial charge in [-0.25, -0.2) is 4.90 Å². The van der Waals surface area contributed by atoms with Crippen LogP contribution in [0.1, 0.15) is 32.3 Å². The number of hydrogen-bond donors (Lipinski definition) is 2. The van der Waals surface area contributed by atoms with Gasteiger partial charge in [-0.3, -0.25) is 18.7 Å². The zero-order chi connectivity index (χ0) is 17.8. The summed E-state index contributed by atoms with van der Waals surface area (Å²) < 4.78 is 26.8. The second-order valence-electron chi connectivity index (χ2n) is 7.79. The fourth-order valence-corrected chi connectivity index (χ4v) is 6.55. The van der Waals surface area contributed by atoms with Gasteiger partial charge in [0.25, 0.3) is 0 Å². The smallest absolute Gasteiger partial charge is 0.240 e. The predicted octanol–water partition coefficient (Wildman–Crippen LogP) is 3.05. The molecule has 0 aliphatic carbocycles. The largest absolute Gasteiger partial charge is 0.367 e. The number of hydrogen-bond acceptors (Lipinski definition) is 5. The summed E-state index contributed by atoms with van der Waals surface area (Å²) in [6.07, 6.45) is 1.50. The van der Waals surface area contributed by atoms with E-state index >= 15 is 0 Å². The van der Waals surface area contributed by atoms with Crippen molar-refractivity contribution in [2.75, 3.05) is 0 Å². The molecule has 3 saturated heterocycles. The molecule has 3 fully saturated rings. The second-order valence-corrected chi connectivity index (χ2v) is 9.65. The summed E-state index contributed by atoms with van der Waals surface area (Å²) in [5, 5.41) is 1.27. The maximum Gasteiger partial charge on any atom is 0.240 e. The highest BCUT2D eigenvalue weighted by atomic mass is 32.3. The minimum Gasteiger partial charge on any atom is -0.367 e. The van der Waals surface area contributed by atoms with Crippen LogP contribution in [0.25, 0.3) is 5.70 Å². The van der Waals surface area contributed by atoms with Gasteiger partial charge in [0.15, 0.2) is 0 Å². The van der Waals surface area contributed by atoms with Crippen LogP contribution in [0.3, 0.4) is 0 Å². The first-order valence-corrected chi connectivity index (χ1v) is 9.96. The van der Waals surface area contributed by atoms with Gasteiger partial charge in [0.2, 0.25) is 11.8 Å². The highest BCUT2D eigenvalue weighted by Crippen LogP contribution is 2.64. The quantitative estimate of drug-likeness (QED) is 0.751. The molecule has 4 aliphatic heterocycles. The summed E-state index contributed by atoms with van der Waals surface area (Å²) >= 11 is 0. The third kappa shape index (κ3) is 1.72. The number of carbonyl (C=O) groups excluding carboxylic acids is 2. The van der Waals surface area contributed by atoms with Gasteiger partial charge in [0.1, 0.15) is 0 Å². The number of fused-ring (bicyclic) bond motifs is 6. The molecular formula is C18H19NO5S. The van der Waals surface area contributed by atoms with Crippen LogP contribution >= 0.6 is 10.6 Å². The molecule has 4 atom stereocenters. The summed E-state index contributed by atoms with van der Waals surface area (Å²) in [4.78, 5) is 27.9. The van der Waals surface area contributed by atoms with E-state index in [-0.39, 0.29) is 11.8 Å². The van der Waals surface area contributed by atoms with E-state index in [1.54, 1.807) is 24.3 Å². The molecule has 7 heteroatoms. The Morgan fingerprint density at radius 1 is 1.08 bits per heavy atom. The van der Waals surface area contributed by atoms with Gasteiger partial charge in [-0.15, -0.1) is 10.6 Å². The van der Waals surface area contributed by atoms with Crippen molar-refractivity contribution in [3.63, 3.8) is 0 Å². The third-order valence-electron chi connectivity index (χ3n) is 6.21. The monoisotopic (exact) mass is 361 g/mol. The standard InChI is InChI=1S/C18H19NO5S/c1-17-7-8-18(2,24-17)14-13(17)15(20)19(16(14)21)11-9-25(22,23)12-6-4-3-5-10(11)12/h3-6,9,13-14,22-23H,7-8H2,1-2H3/t13-,14+,17-,18?/m1/s1. The van der Waals surface area contributed by atoms with Crippen LogP contribution < -0.4 is 0 Å². The van der Waals surface area contributed by atoms with Crippen LogP contribution in [0.4, 0.5) is 0 Å². The molecule has 2 N–H and O–H groups in total. The van der Waals surface area contributed by atoms with Crippen molar-refractivity contribution in [3.8, 4) is 0 Å². The fourth-order valence-electron chi connectivity index (χ4n) is 5.10. The van der Waals surface area contributed by atoms with E-state index in [1.165, 1.54) is 10.3 Å². The predicted molar refractivity (Wildman–Crippen MR) is 91.5 cm³/mol. The van der Waals surface area contributed by atoms with Gasteiger partial charge in [-0.1, -0.05) is 18.2 Å². The first-order valence-electron chi connectivity index (χ1n) is 8.35. The molecule has 5 rings (SSSR count). The molecule has 0 radical (unpaired) electrons. The van der Waals surface area contributed by atoms with Crippen LogP contribution in [0.15, 0.2) is 34.6 Å². The molecule has 2 bridgehead atoms. The summed E-state index contributed by atoms with van der Waals surface area (Å²) in [5.41, 5.74) is -0.413. The summed E-state index contributed by atoms with van der Waals surface area (Å²) in [6, 6.07) is 6.80.